The molecule has 0 spiro atoms. The minimum Gasteiger partial charge on any atom is -0.307 e. The summed E-state index contributed by atoms with van der Waals surface area (Å²) in [6.45, 7) is 5.47. The normalized spacial score (nSPS) is 13.2. The lowest BCUT2D eigenvalue weighted by atomic mass is 10.1. The second-order valence-corrected chi connectivity index (χ2v) is 7.75. The van der Waals surface area contributed by atoms with Gasteiger partial charge in [-0.25, -0.2) is 0 Å². The van der Waals surface area contributed by atoms with Gasteiger partial charge in [0.25, 0.3) is 5.91 Å². The number of halogens is 4. The van der Waals surface area contributed by atoms with Crippen LogP contribution in [-0.2, 0) is 0 Å². The van der Waals surface area contributed by atoms with E-state index < -0.39 is 15.2 Å². The summed E-state index contributed by atoms with van der Waals surface area (Å²) in [5.74, 6) is -0.523. The monoisotopic (exact) mass is 354 g/mol. The zero-order valence-corrected chi connectivity index (χ0v) is 14.2. The average Bonchev–Trinajstić information content (AvgIpc) is 2.25. The van der Waals surface area contributed by atoms with E-state index in [1.807, 2.05) is 20.8 Å². The molecule has 7 heteroatoms. The third-order valence-electron chi connectivity index (χ3n) is 2.07. The number of carbonyl (C=O) groups is 1. The Morgan fingerprint density at radius 1 is 1.15 bits per heavy atom. The summed E-state index contributed by atoms with van der Waals surface area (Å²) in [5.41, 5.74) is -0.224. The molecule has 0 aliphatic rings. The minimum atomic E-state index is -1.83. The molecule has 1 amide bonds. The van der Waals surface area contributed by atoms with Crippen molar-refractivity contribution in [1.29, 1.82) is 0 Å². The number of nitrogens with zero attached hydrogens (tertiary/aromatic N) is 1. The van der Waals surface area contributed by atoms with Gasteiger partial charge >= 0.3 is 0 Å². The number of hydrogen-bond donors (Lipinski definition) is 1. The van der Waals surface area contributed by atoms with E-state index in [0.717, 1.165) is 0 Å². The van der Waals surface area contributed by atoms with E-state index in [1.165, 1.54) is 0 Å². The maximum atomic E-state index is 12.2. The van der Waals surface area contributed by atoms with Crippen molar-refractivity contribution in [1.82, 2.24) is 5.32 Å². The fraction of sp³-hybridized carbons (Fsp3) is 0.385. The Hall–Kier alpha value is -0.480. The SMILES string of the molecule is CC(C)(C)N=C(NC(=O)c1ccccc1Cl)C(Cl)(Cl)Cl. The smallest absolute Gasteiger partial charge is 0.258 e. The van der Waals surface area contributed by atoms with Crippen molar-refractivity contribution in [2.75, 3.05) is 0 Å². The van der Waals surface area contributed by atoms with Gasteiger partial charge in [0.2, 0.25) is 3.79 Å². The van der Waals surface area contributed by atoms with Crippen molar-refractivity contribution >= 4 is 58.1 Å². The van der Waals surface area contributed by atoms with Gasteiger partial charge in [-0.05, 0) is 32.9 Å². The van der Waals surface area contributed by atoms with E-state index in [1.54, 1.807) is 24.3 Å². The maximum Gasteiger partial charge on any atom is 0.258 e. The van der Waals surface area contributed by atoms with Crippen molar-refractivity contribution < 1.29 is 4.79 Å². The van der Waals surface area contributed by atoms with Crippen LogP contribution in [0.3, 0.4) is 0 Å². The Kier molecular flexibility index (Phi) is 5.73. The molecule has 20 heavy (non-hydrogen) atoms. The number of amides is 1. The van der Waals surface area contributed by atoms with Gasteiger partial charge in [-0.2, -0.15) is 0 Å². The van der Waals surface area contributed by atoms with Crippen LogP contribution in [0, 0.1) is 0 Å². The molecule has 3 nitrogen and oxygen atoms in total. The van der Waals surface area contributed by atoms with E-state index in [9.17, 15) is 4.79 Å². The highest BCUT2D eigenvalue weighted by Gasteiger charge is 2.31. The van der Waals surface area contributed by atoms with Gasteiger partial charge in [-0.3, -0.25) is 9.79 Å². The topological polar surface area (TPSA) is 41.5 Å². The summed E-state index contributed by atoms with van der Waals surface area (Å²) in [6.07, 6.45) is 0. The Labute approximate surface area is 138 Å². The number of benzene rings is 1. The zero-order valence-electron chi connectivity index (χ0n) is 11.2. The molecule has 0 radical (unpaired) electrons. The summed E-state index contributed by atoms with van der Waals surface area (Å²) in [5, 5.41) is 2.81. The lowest BCUT2D eigenvalue weighted by Crippen LogP contribution is -2.41. The second kappa shape index (κ2) is 6.52. The number of amidine groups is 1. The third-order valence-corrected chi connectivity index (χ3v) is 2.93. The van der Waals surface area contributed by atoms with Crippen LogP contribution in [0.4, 0.5) is 0 Å². The van der Waals surface area contributed by atoms with Crippen LogP contribution >= 0.6 is 46.4 Å². The fourth-order valence-corrected chi connectivity index (χ4v) is 1.81. The molecule has 0 atom stereocenters. The van der Waals surface area contributed by atoms with Gasteiger partial charge in [0.05, 0.1) is 16.1 Å². The first kappa shape index (κ1) is 17.6. The molecule has 0 heterocycles. The first-order valence-corrected chi connectivity index (χ1v) is 7.25. The molecule has 0 saturated heterocycles. The summed E-state index contributed by atoms with van der Waals surface area (Å²) in [4.78, 5) is 16.4. The predicted octanol–water partition coefficient (Wildman–Crippen LogP) is 4.64. The van der Waals surface area contributed by atoms with E-state index in [2.05, 4.69) is 10.3 Å². The van der Waals surface area contributed by atoms with E-state index >= 15 is 0 Å². The van der Waals surface area contributed by atoms with Gasteiger partial charge in [0.1, 0.15) is 0 Å². The number of hydrogen-bond acceptors (Lipinski definition) is 2. The lowest BCUT2D eigenvalue weighted by Gasteiger charge is -2.21. The van der Waals surface area contributed by atoms with E-state index in [4.69, 9.17) is 46.4 Å². The van der Waals surface area contributed by atoms with Crippen LogP contribution in [0.1, 0.15) is 31.1 Å². The van der Waals surface area contributed by atoms with E-state index in [0.29, 0.717) is 5.02 Å². The lowest BCUT2D eigenvalue weighted by molar-refractivity contribution is 0.0976. The number of rotatable bonds is 1. The van der Waals surface area contributed by atoms with Gasteiger partial charge in [0.15, 0.2) is 5.84 Å². The van der Waals surface area contributed by atoms with Gasteiger partial charge in [-0.15, -0.1) is 0 Å². The van der Waals surface area contributed by atoms with Crippen molar-refractivity contribution in [3.63, 3.8) is 0 Å². The third kappa shape index (κ3) is 5.49. The predicted molar refractivity (Wildman–Crippen MR) is 86.4 cm³/mol. The average molecular weight is 356 g/mol. The van der Waals surface area contributed by atoms with Crippen LogP contribution in [0.15, 0.2) is 29.3 Å². The Morgan fingerprint density at radius 3 is 2.15 bits per heavy atom. The molecule has 0 aliphatic carbocycles. The fourth-order valence-electron chi connectivity index (χ4n) is 1.32. The Balaban J connectivity index is 3.07. The molecule has 1 N–H and O–H groups in total. The number of aliphatic imine (C=N–C) groups is 1. The molecule has 0 aromatic heterocycles. The van der Waals surface area contributed by atoms with Gasteiger partial charge < -0.3 is 5.32 Å². The highest BCUT2D eigenvalue weighted by atomic mass is 35.6. The van der Waals surface area contributed by atoms with Crippen LogP contribution in [0.2, 0.25) is 5.02 Å². The molecule has 0 bridgehead atoms. The van der Waals surface area contributed by atoms with Gasteiger partial charge in [-0.1, -0.05) is 58.5 Å². The highest BCUT2D eigenvalue weighted by Crippen LogP contribution is 2.29. The highest BCUT2D eigenvalue weighted by molar-refractivity contribution is 6.77. The van der Waals surface area contributed by atoms with E-state index in [-0.39, 0.29) is 11.4 Å². The Morgan fingerprint density at radius 2 is 1.70 bits per heavy atom. The Bertz CT molecular complexity index is 530. The largest absolute Gasteiger partial charge is 0.307 e. The summed E-state index contributed by atoms with van der Waals surface area (Å²) >= 11 is 23.4. The molecule has 0 fully saturated rings. The first-order chi connectivity index (χ1) is 9.00. The molecule has 110 valence electrons. The molecule has 0 saturated carbocycles. The quantitative estimate of drug-likeness (QED) is 0.445. The molecule has 1 aromatic carbocycles. The first-order valence-electron chi connectivity index (χ1n) is 5.73. The van der Waals surface area contributed by atoms with Crippen molar-refractivity contribution in [3.05, 3.63) is 34.9 Å². The second-order valence-electron chi connectivity index (χ2n) is 5.06. The van der Waals surface area contributed by atoms with Crippen LogP contribution < -0.4 is 5.32 Å². The van der Waals surface area contributed by atoms with Crippen molar-refractivity contribution in [2.45, 2.75) is 30.1 Å². The van der Waals surface area contributed by atoms with Gasteiger partial charge in [0, 0.05) is 0 Å². The van der Waals surface area contributed by atoms with Crippen LogP contribution in [0.5, 0.6) is 0 Å². The van der Waals surface area contributed by atoms with Crippen LogP contribution in [-0.4, -0.2) is 21.1 Å². The molecule has 0 unspecified atom stereocenters. The number of alkyl halides is 3. The maximum absolute atomic E-state index is 12.2. The summed E-state index contributed by atoms with van der Waals surface area (Å²) in [7, 11) is 0. The molecule has 1 aromatic rings. The standard InChI is InChI=1S/C13H14Cl4N2O/c1-12(2,3)19-11(13(15,16)17)18-10(20)8-6-4-5-7-9(8)14/h4-7H,1-3H3,(H,18,19,20). The zero-order chi connectivity index (χ0) is 15.6. The number of carbonyl (C=O) groups excluding carboxylic acids is 1. The molecular weight excluding hydrogens is 342 g/mol. The van der Waals surface area contributed by atoms with Crippen LogP contribution in [0.25, 0.3) is 0 Å². The minimum absolute atomic E-state index is 0.0417. The molecular formula is C13H14Cl4N2O. The van der Waals surface area contributed by atoms with Crippen molar-refractivity contribution in [3.8, 4) is 0 Å². The summed E-state index contributed by atoms with van der Waals surface area (Å²) < 4.78 is -1.83. The number of nitrogens with one attached hydrogen (secondary N) is 1. The molecule has 1 rings (SSSR count). The van der Waals surface area contributed by atoms with Crippen molar-refractivity contribution in [2.24, 2.45) is 4.99 Å². The molecule has 0 aliphatic heterocycles. The summed E-state index contributed by atoms with van der Waals surface area (Å²) in [6, 6.07) is 6.59.